The van der Waals surface area contributed by atoms with Crippen LogP contribution in [0.4, 0.5) is 0 Å². The first-order chi connectivity index (χ1) is 7.90. The zero-order valence-corrected chi connectivity index (χ0v) is 8.55. The molecule has 0 spiro atoms. The van der Waals surface area contributed by atoms with Crippen molar-refractivity contribution in [3.05, 3.63) is 54.7 Å². The number of imidazole rings is 1. The summed E-state index contributed by atoms with van der Waals surface area (Å²) in [6, 6.07) is 10.3. The van der Waals surface area contributed by atoms with E-state index in [1.54, 1.807) is 6.20 Å². The fraction of sp³-hybridized carbons (Fsp3) is 0. The van der Waals surface area contributed by atoms with Crippen molar-refractivity contribution in [2.24, 2.45) is 0 Å². The van der Waals surface area contributed by atoms with E-state index in [0.717, 1.165) is 0 Å². The van der Waals surface area contributed by atoms with Gasteiger partial charge in [-0.25, -0.2) is 4.98 Å². The van der Waals surface area contributed by atoms with Gasteiger partial charge in [0.05, 0.1) is 0 Å². The van der Waals surface area contributed by atoms with Gasteiger partial charge in [0.15, 0.2) is 12.1 Å². The van der Waals surface area contributed by atoms with Crippen molar-refractivity contribution in [2.45, 2.75) is 0 Å². The highest BCUT2D eigenvalue weighted by molar-refractivity contribution is 5.78. The molecule has 2 heterocycles. The number of H-pyrrole nitrogens is 2. The number of aromatic amines is 2. The summed E-state index contributed by atoms with van der Waals surface area (Å²) in [6.45, 7) is 0. The monoisotopic (exact) mass is 213 g/mol. The number of carbonyl (C=O) groups excluding carboxylic acids is 1. The summed E-state index contributed by atoms with van der Waals surface area (Å²) >= 11 is 0. The van der Waals surface area contributed by atoms with E-state index in [-0.39, 0.29) is 0 Å². The van der Waals surface area contributed by atoms with Gasteiger partial charge in [-0.15, -0.1) is 0 Å². The molecule has 0 atom stereocenters. The molecule has 0 saturated carbocycles. The molecule has 0 saturated heterocycles. The highest BCUT2D eigenvalue weighted by Crippen LogP contribution is 2.09. The fourth-order valence-electron chi connectivity index (χ4n) is 1.34. The molecule has 2 aromatic heterocycles. The first-order valence-corrected chi connectivity index (χ1v) is 4.87. The average Bonchev–Trinajstić information content (AvgIpc) is 3.01. The summed E-state index contributed by atoms with van der Waals surface area (Å²) in [6.07, 6.45) is 5.75. The van der Waals surface area contributed by atoms with Crippen molar-refractivity contribution < 1.29 is 4.79 Å². The highest BCUT2D eigenvalue weighted by Gasteiger charge is 1.86. The third kappa shape index (κ3) is 2.36. The summed E-state index contributed by atoms with van der Waals surface area (Å²) < 4.78 is 0. The molecule has 1 aromatic carbocycles. The molecule has 0 aliphatic carbocycles. The molecule has 0 radical (unpaired) electrons. The molecule has 0 fully saturated rings. The summed E-state index contributed by atoms with van der Waals surface area (Å²) in [7, 11) is 0. The molecular formula is C12H11N3O. The Morgan fingerprint density at radius 1 is 1.06 bits per heavy atom. The van der Waals surface area contributed by atoms with E-state index in [1.807, 2.05) is 18.3 Å². The maximum atomic E-state index is 9.77. The Kier molecular flexibility index (Phi) is 3.13. The van der Waals surface area contributed by atoms with Gasteiger partial charge in [0, 0.05) is 24.1 Å². The number of nitrogens with zero attached hydrogens (tertiary/aromatic N) is 1. The van der Waals surface area contributed by atoms with E-state index in [4.69, 9.17) is 0 Å². The summed E-state index contributed by atoms with van der Waals surface area (Å²) in [4.78, 5) is 19.1. The van der Waals surface area contributed by atoms with Crippen LogP contribution in [-0.2, 0) is 0 Å². The van der Waals surface area contributed by atoms with Gasteiger partial charge in [0.25, 0.3) is 0 Å². The van der Waals surface area contributed by atoms with E-state index >= 15 is 0 Å². The second kappa shape index (κ2) is 4.93. The van der Waals surface area contributed by atoms with Crippen LogP contribution in [0.2, 0.25) is 0 Å². The Labute approximate surface area is 92.3 Å². The van der Waals surface area contributed by atoms with Gasteiger partial charge in [0.2, 0.25) is 0 Å². The van der Waals surface area contributed by atoms with Crippen molar-refractivity contribution in [2.75, 3.05) is 0 Å². The van der Waals surface area contributed by atoms with Gasteiger partial charge in [-0.3, -0.25) is 4.79 Å². The van der Waals surface area contributed by atoms with Gasteiger partial charge in [-0.1, -0.05) is 18.2 Å². The van der Waals surface area contributed by atoms with Crippen molar-refractivity contribution in [1.29, 1.82) is 0 Å². The number of fused-ring (bicyclic) bond motifs is 1. The SMILES string of the molecule is O=Cc1ncc[nH]1.c1ccc2[nH]ccc2c1. The molecule has 2 N–H and O–H groups in total. The molecule has 4 nitrogen and oxygen atoms in total. The molecule has 0 bridgehead atoms. The predicted octanol–water partition coefficient (Wildman–Crippen LogP) is 2.39. The molecule has 3 aromatic rings. The van der Waals surface area contributed by atoms with Gasteiger partial charge in [-0.2, -0.15) is 0 Å². The average molecular weight is 213 g/mol. The van der Waals surface area contributed by atoms with Crippen LogP contribution in [0.15, 0.2) is 48.9 Å². The third-order valence-corrected chi connectivity index (χ3v) is 2.09. The second-order valence-electron chi connectivity index (χ2n) is 3.16. The van der Waals surface area contributed by atoms with Crippen LogP contribution in [0, 0.1) is 0 Å². The maximum Gasteiger partial charge on any atom is 0.185 e. The number of aromatic nitrogens is 3. The Morgan fingerprint density at radius 2 is 1.94 bits per heavy atom. The number of hydrogen-bond acceptors (Lipinski definition) is 2. The minimum Gasteiger partial charge on any atom is -0.361 e. The Balaban J connectivity index is 0.000000125. The number of hydrogen-bond donors (Lipinski definition) is 2. The maximum absolute atomic E-state index is 9.77. The first-order valence-electron chi connectivity index (χ1n) is 4.87. The summed E-state index contributed by atoms with van der Waals surface area (Å²) in [5, 5.41) is 1.28. The molecule has 0 aliphatic rings. The number of aldehydes is 1. The van der Waals surface area contributed by atoms with Crippen LogP contribution in [-0.4, -0.2) is 21.2 Å². The minimum absolute atomic E-state index is 0.375. The lowest BCUT2D eigenvalue weighted by molar-refractivity contribution is 0.111. The summed E-state index contributed by atoms with van der Waals surface area (Å²) in [5.74, 6) is 0.375. The van der Waals surface area contributed by atoms with Gasteiger partial charge >= 0.3 is 0 Å². The number of rotatable bonds is 1. The Hall–Kier alpha value is -2.36. The standard InChI is InChI=1S/C8H7N.C4H4N2O/c1-2-4-8-7(3-1)5-6-9-8;7-3-4-5-1-2-6-4/h1-6,9H;1-3H,(H,5,6). The molecule has 0 amide bonds. The lowest BCUT2D eigenvalue weighted by Gasteiger charge is -1.83. The lowest BCUT2D eigenvalue weighted by atomic mass is 10.3. The molecule has 4 heteroatoms. The largest absolute Gasteiger partial charge is 0.361 e. The number of para-hydroxylation sites is 1. The van der Waals surface area contributed by atoms with E-state index in [0.29, 0.717) is 12.1 Å². The molecule has 16 heavy (non-hydrogen) atoms. The zero-order chi connectivity index (χ0) is 11.2. The zero-order valence-electron chi connectivity index (χ0n) is 8.55. The van der Waals surface area contributed by atoms with E-state index in [2.05, 4.69) is 33.2 Å². The molecular weight excluding hydrogens is 202 g/mol. The third-order valence-electron chi connectivity index (χ3n) is 2.09. The topological polar surface area (TPSA) is 61.5 Å². The predicted molar refractivity (Wildman–Crippen MR) is 62.3 cm³/mol. The minimum atomic E-state index is 0.375. The van der Waals surface area contributed by atoms with Crippen LogP contribution in [0.1, 0.15) is 10.6 Å². The smallest absolute Gasteiger partial charge is 0.185 e. The first kappa shape index (κ1) is 10.2. The van der Waals surface area contributed by atoms with Gasteiger partial charge in [0.1, 0.15) is 0 Å². The fourth-order valence-corrected chi connectivity index (χ4v) is 1.34. The van der Waals surface area contributed by atoms with Crippen molar-refractivity contribution >= 4 is 17.2 Å². The second-order valence-corrected chi connectivity index (χ2v) is 3.16. The molecule has 3 rings (SSSR count). The molecule has 0 unspecified atom stereocenters. The van der Waals surface area contributed by atoms with Crippen molar-refractivity contribution in [3.63, 3.8) is 0 Å². The Bertz CT molecular complexity index is 524. The molecule has 0 aliphatic heterocycles. The highest BCUT2D eigenvalue weighted by atomic mass is 16.1. The van der Waals surface area contributed by atoms with Crippen molar-refractivity contribution in [1.82, 2.24) is 15.0 Å². The van der Waals surface area contributed by atoms with Crippen LogP contribution in [0.5, 0.6) is 0 Å². The number of carbonyl (C=O) groups is 1. The Morgan fingerprint density at radius 3 is 2.56 bits per heavy atom. The van der Waals surface area contributed by atoms with E-state index in [9.17, 15) is 4.79 Å². The van der Waals surface area contributed by atoms with Crippen LogP contribution < -0.4 is 0 Å². The normalized spacial score (nSPS) is 9.50. The van der Waals surface area contributed by atoms with Gasteiger partial charge < -0.3 is 9.97 Å². The van der Waals surface area contributed by atoms with Gasteiger partial charge in [-0.05, 0) is 17.5 Å². The quantitative estimate of drug-likeness (QED) is 0.610. The van der Waals surface area contributed by atoms with Crippen LogP contribution in [0.25, 0.3) is 10.9 Å². The van der Waals surface area contributed by atoms with E-state index < -0.39 is 0 Å². The van der Waals surface area contributed by atoms with Crippen molar-refractivity contribution in [3.8, 4) is 0 Å². The number of nitrogens with one attached hydrogen (secondary N) is 2. The van der Waals surface area contributed by atoms with Crippen LogP contribution >= 0.6 is 0 Å². The number of benzene rings is 1. The molecule has 80 valence electrons. The van der Waals surface area contributed by atoms with Crippen LogP contribution in [0.3, 0.4) is 0 Å². The van der Waals surface area contributed by atoms with E-state index in [1.165, 1.54) is 17.1 Å². The lowest BCUT2D eigenvalue weighted by Crippen LogP contribution is -1.78. The summed E-state index contributed by atoms with van der Waals surface area (Å²) in [5.41, 5.74) is 1.21.